The quantitative estimate of drug-likeness (QED) is 0.0637. The first-order chi connectivity index (χ1) is 15.8. The van der Waals surface area contributed by atoms with E-state index in [2.05, 4.69) is 19.1 Å². The number of nitrogens with zero attached hydrogens (tertiary/aromatic N) is 1. The van der Waals surface area contributed by atoms with Crippen LogP contribution in [0.1, 0.15) is 136 Å². The fourth-order valence-electron chi connectivity index (χ4n) is 4.55. The first kappa shape index (κ1) is 32.8. The molecule has 33 heavy (non-hydrogen) atoms. The van der Waals surface area contributed by atoms with Crippen molar-refractivity contribution in [3.63, 3.8) is 0 Å². The fourth-order valence-corrected chi connectivity index (χ4v) is 6.45. The summed E-state index contributed by atoms with van der Waals surface area (Å²) in [4.78, 5) is 10.3. The van der Waals surface area contributed by atoms with Gasteiger partial charge in [-0.05, 0) is 32.1 Å². The summed E-state index contributed by atoms with van der Waals surface area (Å²) in [6, 6.07) is 0. The monoisotopic (exact) mass is 488 g/mol. The second kappa shape index (κ2) is 21.2. The lowest BCUT2D eigenvalue weighted by molar-refractivity contribution is -0.883. The Hall–Kier alpha value is -0.150. The number of rotatable bonds is 24. The van der Waals surface area contributed by atoms with Crippen LogP contribution in [0.2, 0.25) is 0 Å². The van der Waals surface area contributed by atoms with Crippen LogP contribution < -0.4 is 0 Å². The standard InChI is InChI=1S/C28H58NO3P/c1-6-8-9-10-11-12-13-14-15-16-17-18-19-20-21-22-23-24-25-26-27-32-33(30,31)28(7-2)29(3,4)5/h19-20,28H,6-18,21-27H2,1-5H3/p+1/b20-19-. The van der Waals surface area contributed by atoms with Gasteiger partial charge in [0.05, 0.1) is 27.7 Å². The first-order valence-electron chi connectivity index (χ1n) is 14.2. The van der Waals surface area contributed by atoms with Crippen LogP contribution in [-0.4, -0.2) is 42.9 Å². The predicted molar refractivity (Wildman–Crippen MR) is 146 cm³/mol. The Kier molecular flexibility index (Phi) is 21.1. The van der Waals surface area contributed by atoms with Gasteiger partial charge in [0.2, 0.25) is 0 Å². The van der Waals surface area contributed by atoms with Gasteiger partial charge in [-0.1, -0.05) is 109 Å². The molecule has 0 spiro atoms. The number of allylic oxidation sites excluding steroid dienone is 2. The van der Waals surface area contributed by atoms with Crippen LogP contribution >= 0.6 is 7.60 Å². The zero-order valence-electron chi connectivity index (χ0n) is 23.0. The average Bonchev–Trinajstić information content (AvgIpc) is 2.74. The van der Waals surface area contributed by atoms with Gasteiger partial charge in [-0.25, -0.2) is 0 Å². The Morgan fingerprint density at radius 1 is 0.697 bits per heavy atom. The minimum absolute atomic E-state index is 0.352. The van der Waals surface area contributed by atoms with Crippen LogP contribution in [0.15, 0.2) is 12.2 Å². The van der Waals surface area contributed by atoms with Crippen LogP contribution in [0.5, 0.6) is 0 Å². The van der Waals surface area contributed by atoms with Crippen molar-refractivity contribution in [3.05, 3.63) is 12.2 Å². The highest BCUT2D eigenvalue weighted by Crippen LogP contribution is 2.51. The van der Waals surface area contributed by atoms with E-state index in [0.29, 0.717) is 17.5 Å². The summed E-state index contributed by atoms with van der Waals surface area (Å²) in [5.41, 5.74) is 0. The molecule has 0 aliphatic rings. The normalized spacial score (nSPS) is 15.2. The maximum atomic E-state index is 12.5. The molecule has 4 nitrogen and oxygen atoms in total. The second-order valence-corrected chi connectivity index (χ2v) is 12.7. The van der Waals surface area contributed by atoms with Gasteiger partial charge in [-0.2, -0.15) is 0 Å². The molecule has 0 aliphatic carbocycles. The summed E-state index contributed by atoms with van der Waals surface area (Å²) in [6.45, 7) is 4.63. The van der Waals surface area contributed by atoms with Crippen molar-refractivity contribution in [1.29, 1.82) is 0 Å². The smallest absolute Gasteiger partial charge is 0.320 e. The van der Waals surface area contributed by atoms with E-state index in [9.17, 15) is 9.46 Å². The molecule has 0 radical (unpaired) electrons. The third-order valence-electron chi connectivity index (χ3n) is 6.57. The Morgan fingerprint density at radius 2 is 1.09 bits per heavy atom. The topological polar surface area (TPSA) is 46.5 Å². The largest absolute Gasteiger partial charge is 0.385 e. The maximum absolute atomic E-state index is 12.5. The Bertz CT molecular complexity index is 502. The number of hydrogen-bond acceptors (Lipinski definition) is 2. The van der Waals surface area contributed by atoms with Gasteiger partial charge < -0.3 is 13.9 Å². The van der Waals surface area contributed by atoms with Crippen LogP contribution in [0.4, 0.5) is 0 Å². The lowest BCUT2D eigenvalue weighted by Gasteiger charge is -2.35. The average molecular weight is 489 g/mol. The highest BCUT2D eigenvalue weighted by molar-refractivity contribution is 7.53. The van der Waals surface area contributed by atoms with Gasteiger partial charge >= 0.3 is 7.60 Å². The van der Waals surface area contributed by atoms with E-state index in [1.165, 1.54) is 103 Å². The molecule has 0 fully saturated rings. The molecule has 0 bridgehead atoms. The lowest BCUT2D eigenvalue weighted by atomic mass is 10.1. The van der Waals surface area contributed by atoms with E-state index < -0.39 is 7.60 Å². The molecular formula is C28H59NO3P+. The van der Waals surface area contributed by atoms with Crippen molar-refractivity contribution in [3.8, 4) is 0 Å². The SMILES string of the molecule is CCCCCCCCCCCCC/C=C\CCCCCCCOP(=O)(O)C(CC)[N+](C)(C)C. The molecule has 0 saturated heterocycles. The molecule has 0 aromatic heterocycles. The van der Waals surface area contributed by atoms with Crippen molar-refractivity contribution in [1.82, 2.24) is 0 Å². The van der Waals surface area contributed by atoms with E-state index >= 15 is 0 Å². The third kappa shape index (κ3) is 19.8. The van der Waals surface area contributed by atoms with Crippen LogP contribution in [0, 0.1) is 0 Å². The molecule has 0 heterocycles. The van der Waals surface area contributed by atoms with Crippen LogP contribution in [-0.2, 0) is 9.09 Å². The number of quaternary nitrogens is 1. The molecule has 1 N–H and O–H groups in total. The van der Waals surface area contributed by atoms with Gasteiger partial charge in [0.15, 0.2) is 5.78 Å². The summed E-state index contributed by atoms with van der Waals surface area (Å²) >= 11 is 0. The molecule has 0 aromatic carbocycles. The molecule has 198 valence electrons. The summed E-state index contributed by atoms with van der Waals surface area (Å²) in [7, 11) is 2.30. The van der Waals surface area contributed by atoms with Crippen molar-refractivity contribution >= 4 is 7.60 Å². The van der Waals surface area contributed by atoms with Gasteiger partial charge in [0.1, 0.15) is 0 Å². The molecule has 5 heteroatoms. The molecule has 0 saturated carbocycles. The van der Waals surface area contributed by atoms with E-state index in [0.717, 1.165) is 12.8 Å². The maximum Gasteiger partial charge on any atom is 0.385 e. The highest BCUT2D eigenvalue weighted by atomic mass is 31.2. The van der Waals surface area contributed by atoms with E-state index in [4.69, 9.17) is 4.52 Å². The molecular weight excluding hydrogens is 429 g/mol. The third-order valence-corrected chi connectivity index (χ3v) is 8.93. The van der Waals surface area contributed by atoms with Crippen molar-refractivity contribution < 1.29 is 18.5 Å². The van der Waals surface area contributed by atoms with Gasteiger partial charge in [0, 0.05) is 6.42 Å². The summed E-state index contributed by atoms with van der Waals surface area (Å²) < 4.78 is 18.4. The molecule has 0 aromatic rings. The summed E-state index contributed by atoms with van der Waals surface area (Å²) in [6.07, 6.45) is 28.9. The molecule has 2 atom stereocenters. The van der Waals surface area contributed by atoms with Gasteiger partial charge in [-0.15, -0.1) is 0 Å². The molecule has 0 amide bonds. The Morgan fingerprint density at radius 3 is 1.48 bits per heavy atom. The highest BCUT2D eigenvalue weighted by Gasteiger charge is 2.41. The van der Waals surface area contributed by atoms with Crippen LogP contribution in [0.25, 0.3) is 0 Å². The van der Waals surface area contributed by atoms with Gasteiger partial charge in [0.25, 0.3) is 0 Å². The van der Waals surface area contributed by atoms with E-state index in [1.54, 1.807) is 0 Å². The lowest BCUT2D eigenvalue weighted by Crippen LogP contribution is -2.44. The van der Waals surface area contributed by atoms with E-state index in [1.807, 2.05) is 28.1 Å². The van der Waals surface area contributed by atoms with Crippen molar-refractivity contribution in [2.45, 2.75) is 142 Å². The van der Waals surface area contributed by atoms with Gasteiger partial charge in [-0.3, -0.25) is 4.57 Å². The molecule has 0 aliphatic heterocycles. The van der Waals surface area contributed by atoms with E-state index in [-0.39, 0.29) is 5.78 Å². The summed E-state index contributed by atoms with van der Waals surface area (Å²) in [5.74, 6) is -0.352. The fraction of sp³-hybridized carbons (Fsp3) is 0.929. The predicted octanol–water partition coefficient (Wildman–Crippen LogP) is 9.23. The zero-order chi connectivity index (χ0) is 24.8. The second-order valence-electron chi connectivity index (χ2n) is 10.8. The Labute approximate surface area is 207 Å². The number of unbranched alkanes of at least 4 members (excludes halogenated alkanes) is 16. The summed E-state index contributed by atoms with van der Waals surface area (Å²) in [5, 5.41) is 0. The minimum atomic E-state index is -3.56. The number of hydrogen-bond donors (Lipinski definition) is 1. The van der Waals surface area contributed by atoms with Crippen molar-refractivity contribution in [2.75, 3.05) is 27.7 Å². The van der Waals surface area contributed by atoms with Crippen molar-refractivity contribution in [2.24, 2.45) is 0 Å². The Balaban J connectivity index is 3.45. The zero-order valence-corrected chi connectivity index (χ0v) is 23.9. The molecule has 2 unspecified atom stereocenters. The molecule has 0 rings (SSSR count). The van der Waals surface area contributed by atoms with Crippen LogP contribution in [0.3, 0.4) is 0 Å². The first-order valence-corrected chi connectivity index (χ1v) is 15.8. The minimum Gasteiger partial charge on any atom is -0.320 e.